The Bertz CT molecular complexity index is 5430. The van der Waals surface area contributed by atoms with Gasteiger partial charge in [0.1, 0.15) is 0 Å². The monoisotopic (exact) mass is 1390 g/mol. The number of hydrogen-bond donors (Lipinski definition) is 2. The summed E-state index contributed by atoms with van der Waals surface area (Å²) in [6.45, 7) is 8.15. The first-order valence-corrected chi connectivity index (χ1v) is 33.0. The Balaban J connectivity index is 0.000000141. The zero-order valence-corrected chi connectivity index (χ0v) is 56.9. The van der Waals surface area contributed by atoms with Crippen molar-refractivity contribution in [3.63, 3.8) is 0 Å². The molecule has 10 nitrogen and oxygen atoms in total. The first kappa shape index (κ1) is 69.5. The quantitative estimate of drug-likeness (QED) is 0.119. The van der Waals surface area contributed by atoms with Crippen LogP contribution in [0, 0.1) is 46.8 Å². The molecule has 15 heteroatoms. The van der Waals surface area contributed by atoms with Crippen molar-refractivity contribution in [2.24, 2.45) is 0 Å². The Morgan fingerprint density at radius 2 is 0.687 bits per heavy atom. The zero-order valence-electron chi connectivity index (χ0n) is 53.8. The van der Waals surface area contributed by atoms with E-state index in [2.05, 4.69) is 231 Å². The van der Waals surface area contributed by atoms with E-state index in [0.717, 1.165) is 60.3 Å². The highest BCUT2D eigenvalue weighted by atomic mass is 79.9. The maximum Gasteiger partial charge on any atom is 0.494 e. The lowest BCUT2D eigenvalue weighted by Gasteiger charge is -2.32. The van der Waals surface area contributed by atoms with Crippen molar-refractivity contribution in [3.05, 3.63) is 304 Å². The van der Waals surface area contributed by atoms with Crippen molar-refractivity contribution in [1.29, 1.82) is 15.8 Å². The molecule has 1 aliphatic rings. The largest absolute Gasteiger partial charge is 0.494 e. The Kier molecular flexibility index (Phi) is 20.9. The average molecular weight is 1390 g/mol. The number of benzene rings is 12. The summed E-state index contributed by atoms with van der Waals surface area (Å²) >= 11 is 15.0. The molecule has 0 saturated carbocycles. The molecule has 0 aliphatic carbocycles. The fraction of sp³-hybridized carbons (Fsp3) is 0.0833. The highest BCUT2D eigenvalue weighted by Gasteiger charge is 2.52. The Hall–Kier alpha value is -10.9. The van der Waals surface area contributed by atoms with E-state index in [1.54, 1.807) is 36.4 Å². The van der Waals surface area contributed by atoms with Crippen molar-refractivity contribution in [3.8, 4) is 70.4 Å². The second kappa shape index (κ2) is 29.8. The van der Waals surface area contributed by atoms with E-state index in [9.17, 15) is 20.6 Å². The summed E-state index contributed by atoms with van der Waals surface area (Å²) in [6.07, 6.45) is 8.00. The van der Waals surface area contributed by atoms with Gasteiger partial charge in [-0.05, 0) is 182 Å². The Labute approximate surface area is 595 Å². The first-order valence-electron chi connectivity index (χ1n) is 31.4. The summed E-state index contributed by atoms with van der Waals surface area (Å²) in [4.78, 5) is 0. The van der Waals surface area contributed by atoms with Crippen LogP contribution >= 0.6 is 39.1 Å². The molecule has 12 aromatic carbocycles. The van der Waals surface area contributed by atoms with E-state index in [1.807, 2.05) is 94.4 Å². The predicted molar refractivity (Wildman–Crippen MR) is 414 cm³/mol. The molecule has 1 saturated heterocycles. The van der Waals surface area contributed by atoms with E-state index >= 15 is 0 Å². The first-order chi connectivity index (χ1) is 47.5. The number of halogens is 3. The zero-order chi connectivity index (χ0) is 68.8. The van der Waals surface area contributed by atoms with Crippen LogP contribution < -0.4 is 10.9 Å². The van der Waals surface area contributed by atoms with Crippen LogP contribution in [0.1, 0.15) is 51.8 Å². The minimum Gasteiger partial charge on any atom is -0.423 e. The second-order valence-corrected chi connectivity index (χ2v) is 26.1. The van der Waals surface area contributed by atoms with Gasteiger partial charge >= 0.3 is 14.2 Å². The number of nitriles is 3. The molecule has 1 aliphatic heterocycles. The molecule has 0 atom stereocenters. The van der Waals surface area contributed by atoms with Gasteiger partial charge < -0.3 is 33.1 Å². The summed E-state index contributed by atoms with van der Waals surface area (Å²) in [5.41, 5.74) is 16.4. The minimum atomic E-state index is -1.44. The highest BCUT2D eigenvalue weighted by molar-refractivity contribution is 9.10. The molecule has 3 aromatic heterocycles. The van der Waals surface area contributed by atoms with Crippen LogP contribution in [0.5, 0.6) is 0 Å². The molecule has 0 radical (unpaired) electrons. The van der Waals surface area contributed by atoms with Crippen LogP contribution in [0.2, 0.25) is 10.0 Å². The number of para-hydroxylation sites is 6. The summed E-state index contributed by atoms with van der Waals surface area (Å²) in [5.74, 6) is 0. The van der Waals surface area contributed by atoms with Gasteiger partial charge in [-0.2, -0.15) is 15.8 Å². The molecule has 16 rings (SSSR count). The molecule has 2 N–H and O–H groups in total. The SMILES string of the molecule is C.C#C.CC1(C)OB(c2cc(C#N)cc(-c3ccc(-n4c5ccccc5c5ccccc54)cc3)c2)OC1(C)C.N#Cc1cc(Cl)cc(-c2ccc(-n3c4ccccc4c4ccccc43)cc2)c1.N#Cc1cc(Cl)cc(Br)c1.OB(O)c1ccc(-n2c3ccccc3c3ccccc32)cc1. The fourth-order valence-electron chi connectivity index (χ4n) is 12.4. The van der Waals surface area contributed by atoms with Crippen LogP contribution in [-0.2, 0) is 9.31 Å². The number of fused-ring (bicyclic) bond motifs is 9. The van der Waals surface area contributed by atoms with Gasteiger partial charge in [-0.3, -0.25) is 0 Å². The lowest BCUT2D eigenvalue weighted by Crippen LogP contribution is -2.41. The summed E-state index contributed by atoms with van der Waals surface area (Å²) in [5, 5.41) is 54.4. The van der Waals surface area contributed by atoms with Gasteiger partial charge in [-0.15, -0.1) is 12.8 Å². The van der Waals surface area contributed by atoms with Crippen molar-refractivity contribution in [1.82, 2.24) is 13.7 Å². The minimum absolute atomic E-state index is 0. The highest BCUT2D eigenvalue weighted by Crippen LogP contribution is 2.39. The molecular formula is C84H65B2BrCl2N6O4. The average Bonchev–Trinajstić information content (AvgIpc) is 1.63. The van der Waals surface area contributed by atoms with E-state index in [-0.39, 0.29) is 7.43 Å². The second-order valence-electron chi connectivity index (χ2n) is 24.3. The maximum absolute atomic E-state index is 9.72. The number of rotatable bonds is 7. The Morgan fingerprint density at radius 1 is 0.394 bits per heavy atom. The molecule has 4 heterocycles. The van der Waals surface area contributed by atoms with Gasteiger partial charge in [0.25, 0.3) is 0 Å². The number of aromatic nitrogens is 3. The van der Waals surface area contributed by atoms with E-state index < -0.39 is 25.4 Å². The van der Waals surface area contributed by atoms with Crippen LogP contribution in [0.3, 0.4) is 0 Å². The van der Waals surface area contributed by atoms with Crippen molar-refractivity contribution >= 4 is 130 Å². The van der Waals surface area contributed by atoms with Crippen molar-refractivity contribution < 1.29 is 19.4 Å². The Morgan fingerprint density at radius 3 is 1.01 bits per heavy atom. The number of hydrogen-bond acceptors (Lipinski definition) is 7. The smallest absolute Gasteiger partial charge is 0.423 e. The summed E-state index contributed by atoms with van der Waals surface area (Å²) < 4.78 is 20.1. The normalized spacial score (nSPS) is 12.5. The van der Waals surface area contributed by atoms with Crippen LogP contribution in [0.4, 0.5) is 0 Å². The molecule has 15 aromatic rings. The lowest BCUT2D eigenvalue weighted by molar-refractivity contribution is 0.00578. The third-order valence-electron chi connectivity index (χ3n) is 17.7. The number of nitrogens with zero attached hydrogens (tertiary/aromatic N) is 6. The van der Waals surface area contributed by atoms with Crippen molar-refractivity contribution in [2.75, 3.05) is 0 Å². The lowest BCUT2D eigenvalue weighted by atomic mass is 9.77. The van der Waals surface area contributed by atoms with E-state index in [4.69, 9.17) is 37.8 Å². The van der Waals surface area contributed by atoms with Crippen LogP contribution in [0.15, 0.2) is 277 Å². The molecule has 1 fully saturated rings. The van der Waals surface area contributed by atoms with Crippen LogP contribution in [0.25, 0.3) is 105 Å². The fourth-order valence-corrected chi connectivity index (χ4v) is 13.5. The molecule has 0 bridgehead atoms. The van der Waals surface area contributed by atoms with Gasteiger partial charge in [-0.25, -0.2) is 0 Å². The van der Waals surface area contributed by atoms with E-state index in [1.165, 1.54) is 54.4 Å². The summed E-state index contributed by atoms with van der Waals surface area (Å²) in [6, 6.07) is 97.5. The molecule has 482 valence electrons. The summed E-state index contributed by atoms with van der Waals surface area (Å²) in [7, 11) is -1.95. The predicted octanol–water partition coefficient (Wildman–Crippen LogP) is 19.9. The third-order valence-corrected chi connectivity index (χ3v) is 18.6. The van der Waals surface area contributed by atoms with Crippen molar-refractivity contribution in [2.45, 2.75) is 46.3 Å². The topological polar surface area (TPSA) is 145 Å². The standard InChI is InChI=1S/C31H27BN2O2.C25H15ClN2.C18H14BNO2.C7H3BrClN.C2H2.CH4/c1-30(2)31(3,4)36-32(35-30)24-18-21(20-33)17-23(19-24)22-13-15-25(16-14-22)34-28-11-7-5-9-26(28)27-10-6-8-12-29(27)34;26-20-14-17(16-27)13-19(15-20)18-9-11-21(12-10-18)28-24-7-3-1-5-22(24)23-6-2-4-8-25(23)28;21-19(22)13-9-11-14(12-10-13)20-17-7-3-1-5-15(17)16-6-2-4-8-18(16)20;8-6-1-5(4-10)2-7(9)3-6;1-2;/h5-19H,1-4H3;1-15H;1-12,21-22H;1-3H;1-2H;1H4. The molecule has 99 heavy (non-hydrogen) atoms. The van der Waals surface area contributed by atoms with E-state index in [0.29, 0.717) is 32.2 Å². The van der Waals surface area contributed by atoms with Gasteiger partial charge in [0, 0.05) is 63.9 Å². The molecule has 0 spiro atoms. The molecular weight excluding hydrogens is 1330 g/mol. The van der Waals surface area contributed by atoms with Crippen LogP contribution in [-0.4, -0.2) is 49.2 Å². The van der Waals surface area contributed by atoms with Gasteiger partial charge in [0.05, 0.1) is 79.2 Å². The molecule has 0 unspecified atom stereocenters. The number of terminal acetylenes is 1. The molecule has 0 amide bonds. The van der Waals surface area contributed by atoms with Gasteiger partial charge in [-0.1, -0.05) is 198 Å². The maximum atomic E-state index is 9.72. The van der Waals surface area contributed by atoms with Gasteiger partial charge in [0.15, 0.2) is 0 Å². The third kappa shape index (κ3) is 14.3. The van der Waals surface area contributed by atoms with Gasteiger partial charge in [0.2, 0.25) is 0 Å².